The molecular formula is C20H24N2O4S. The number of amides is 1. The Bertz CT molecular complexity index is 983. The molecule has 1 amide bonds. The van der Waals surface area contributed by atoms with Gasteiger partial charge in [-0.2, -0.15) is 0 Å². The Hall–Kier alpha value is -2.54. The maximum absolute atomic E-state index is 12.8. The van der Waals surface area contributed by atoms with Crippen LogP contribution in [0.15, 0.2) is 42.5 Å². The highest BCUT2D eigenvalue weighted by Crippen LogP contribution is 2.39. The van der Waals surface area contributed by atoms with E-state index >= 15 is 0 Å². The molecule has 1 heterocycles. The Morgan fingerprint density at radius 1 is 1.19 bits per heavy atom. The highest BCUT2D eigenvalue weighted by Gasteiger charge is 2.34. The van der Waals surface area contributed by atoms with Gasteiger partial charge < -0.3 is 10.1 Å². The van der Waals surface area contributed by atoms with Crippen LogP contribution in [0.2, 0.25) is 0 Å². The predicted molar refractivity (Wildman–Crippen MR) is 106 cm³/mol. The molecule has 0 unspecified atom stereocenters. The first-order chi connectivity index (χ1) is 12.5. The maximum atomic E-state index is 12.8. The number of para-hydroxylation sites is 1. The van der Waals surface area contributed by atoms with Crippen molar-refractivity contribution in [2.24, 2.45) is 0 Å². The standard InChI is InChI=1S/C20H24N2O4S/c1-13-9-10-14(11-16(13)22-27(4,24)25)19(23)21-17-12-20(2,3)26-18-8-6-5-7-15(17)18/h5-11,17,22H,12H2,1-4H3,(H,21,23)/t17-/m1/s1. The lowest BCUT2D eigenvalue weighted by atomic mass is 9.89. The van der Waals surface area contributed by atoms with Gasteiger partial charge in [-0.25, -0.2) is 8.42 Å². The van der Waals surface area contributed by atoms with Gasteiger partial charge in [0.25, 0.3) is 5.91 Å². The highest BCUT2D eigenvalue weighted by molar-refractivity contribution is 7.92. The molecule has 0 aliphatic carbocycles. The molecule has 1 atom stereocenters. The third-order valence-corrected chi connectivity index (χ3v) is 5.07. The molecule has 1 aliphatic rings. The van der Waals surface area contributed by atoms with Crippen molar-refractivity contribution in [3.63, 3.8) is 0 Å². The number of benzene rings is 2. The van der Waals surface area contributed by atoms with Gasteiger partial charge in [-0.3, -0.25) is 9.52 Å². The molecule has 2 aromatic carbocycles. The van der Waals surface area contributed by atoms with E-state index in [4.69, 9.17) is 4.74 Å². The number of ether oxygens (including phenoxy) is 1. The highest BCUT2D eigenvalue weighted by atomic mass is 32.2. The monoisotopic (exact) mass is 388 g/mol. The van der Waals surface area contributed by atoms with Gasteiger partial charge in [0.2, 0.25) is 10.0 Å². The summed E-state index contributed by atoms with van der Waals surface area (Å²) >= 11 is 0. The van der Waals surface area contributed by atoms with E-state index in [0.717, 1.165) is 23.1 Å². The lowest BCUT2D eigenvalue weighted by molar-refractivity contribution is 0.0619. The van der Waals surface area contributed by atoms with E-state index in [9.17, 15) is 13.2 Å². The quantitative estimate of drug-likeness (QED) is 0.841. The van der Waals surface area contributed by atoms with Crippen LogP contribution in [0, 0.1) is 6.92 Å². The second-order valence-electron chi connectivity index (χ2n) is 7.53. The molecule has 0 bridgehead atoms. The van der Waals surface area contributed by atoms with Gasteiger partial charge in [-0.05, 0) is 44.5 Å². The lowest BCUT2D eigenvalue weighted by Gasteiger charge is -2.37. The van der Waals surface area contributed by atoms with E-state index in [2.05, 4.69) is 10.0 Å². The van der Waals surface area contributed by atoms with Gasteiger partial charge in [-0.15, -0.1) is 0 Å². The summed E-state index contributed by atoms with van der Waals surface area (Å²) in [6, 6.07) is 12.4. The normalized spacial score (nSPS) is 18.1. The number of nitrogens with one attached hydrogen (secondary N) is 2. The van der Waals surface area contributed by atoms with Gasteiger partial charge in [0.1, 0.15) is 11.4 Å². The Morgan fingerprint density at radius 3 is 2.59 bits per heavy atom. The zero-order chi connectivity index (χ0) is 19.8. The summed E-state index contributed by atoms with van der Waals surface area (Å²) < 4.78 is 31.5. The molecule has 0 fully saturated rings. The largest absolute Gasteiger partial charge is 0.487 e. The molecular weight excluding hydrogens is 364 g/mol. The van der Waals surface area contributed by atoms with Crippen LogP contribution in [-0.2, 0) is 10.0 Å². The zero-order valence-electron chi connectivity index (χ0n) is 15.9. The fraction of sp³-hybridized carbons (Fsp3) is 0.350. The number of carbonyl (C=O) groups is 1. The number of anilines is 1. The molecule has 3 rings (SSSR count). The number of hydrogen-bond acceptors (Lipinski definition) is 4. The first-order valence-corrected chi connectivity index (χ1v) is 10.6. The second-order valence-corrected chi connectivity index (χ2v) is 9.28. The van der Waals surface area contributed by atoms with E-state index in [0.29, 0.717) is 17.7 Å². The van der Waals surface area contributed by atoms with Crippen LogP contribution in [0.3, 0.4) is 0 Å². The fourth-order valence-electron chi connectivity index (χ4n) is 3.25. The third kappa shape index (κ3) is 4.60. The van der Waals surface area contributed by atoms with E-state index in [1.165, 1.54) is 0 Å². The van der Waals surface area contributed by atoms with Crippen molar-refractivity contribution >= 4 is 21.6 Å². The topological polar surface area (TPSA) is 84.5 Å². The maximum Gasteiger partial charge on any atom is 0.251 e. The zero-order valence-corrected chi connectivity index (χ0v) is 16.7. The third-order valence-electron chi connectivity index (χ3n) is 4.48. The van der Waals surface area contributed by atoms with Crippen LogP contribution >= 0.6 is 0 Å². The molecule has 0 saturated carbocycles. The molecule has 7 heteroatoms. The van der Waals surface area contributed by atoms with Gasteiger partial charge in [-0.1, -0.05) is 24.3 Å². The number of aryl methyl sites for hydroxylation is 1. The lowest BCUT2D eigenvalue weighted by Crippen LogP contribution is -2.41. The molecule has 0 aromatic heterocycles. The summed E-state index contributed by atoms with van der Waals surface area (Å²) in [5.41, 5.74) is 2.08. The molecule has 144 valence electrons. The van der Waals surface area contributed by atoms with Crippen LogP contribution in [-0.4, -0.2) is 26.2 Å². The molecule has 0 saturated heterocycles. The molecule has 0 radical (unpaired) electrons. The van der Waals surface area contributed by atoms with E-state index in [1.807, 2.05) is 38.1 Å². The summed E-state index contributed by atoms with van der Waals surface area (Å²) in [6.45, 7) is 5.76. The second kappa shape index (κ2) is 6.88. The molecule has 1 aliphatic heterocycles. The summed E-state index contributed by atoms with van der Waals surface area (Å²) in [7, 11) is -3.42. The van der Waals surface area contributed by atoms with Crippen molar-refractivity contribution in [1.82, 2.24) is 5.32 Å². The smallest absolute Gasteiger partial charge is 0.251 e. The van der Waals surface area contributed by atoms with Crippen molar-refractivity contribution < 1.29 is 17.9 Å². The minimum atomic E-state index is -3.42. The van der Waals surface area contributed by atoms with E-state index in [-0.39, 0.29) is 11.9 Å². The van der Waals surface area contributed by atoms with Crippen LogP contribution in [0.25, 0.3) is 0 Å². The average Bonchev–Trinajstić information content (AvgIpc) is 2.54. The van der Waals surface area contributed by atoms with Crippen molar-refractivity contribution in [1.29, 1.82) is 0 Å². The Kier molecular flexibility index (Phi) is 4.90. The number of carbonyl (C=O) groups excluding carboxylic acids is 1. The summed E-state index contributed by atoms with van der Waals surface area (Å²) in [5, 5.41) is 3.06. The number of rotatable bonds is 4. The average molecular weight is 388 g/mol. The Morgan fingerprint density at radius 2 is 1.89 bits per heavy atom. The van der Waals surface area contributed by atoms with Crippen molar-refractivity contribution in [3.8, 4) is 5.75 Å². The molecule has 27 heavy (non-hydrogen) atoms. The van der Waals surface area contributed by atoms with Gasteiger partial charge >= 0.3 is 0 Å². The molecule has 2 N–H and O–H groups in total. The van der Waals surface area contributed by atoms with Crippen molar-refractivity contribution in [3.05, 3.63) is 59.2 Å². The van der Waals surface area contributed by atoms with Crippen LogP contribution < -0.4 is 14.8 Å². The minimum Gasteiger partial charge on any atom is -0.487 e. The van der Waals surface area contributed by atoms with Crippen molar-refractivity contribution in [2.45, 2.75) is 38.8 Å². The first-order valence-electron chi connectivity index (χ1n) is 8.71. The number of hydrogen-bond donors (Lipinski definition) is 2. The van der Waals surface area contributed by atoms with Gasteiger partial charge in [0, 0.05) is 17.5 Å². The summed E-state index contributed by atoms with van der Waals surface area (Å²) in [5.74, 6) is 0.506. The molecule has 2 aromatic rings. The van der Waals surface area contributed by atoms with Crippen LogP contribution in [0.5, 0.6) is 5.75 Å². The Balaban J connectivity index is 1.87. The van der Waals surface area contributed by atoms with E-state index in [1.54, 1.807) is 25.1 Å². The Labute approximate surface area is 160 Å². The van der Waals surface area contributed by atoms with E-state index < -0.39 is 15.6 Å². The first kappa shape index (κ1) is 19.2. The molecule has 6 nitrogen and oxygen atoms in total. The predicted octanol–water partition coefficient (Wildman–Crippen LogP) is 3.40. The summed E-state index contributed by atoms with van der Waals surface area (Å²) in [6.07, 6.45) is 1.72. The number of fused-ring (bicyclic) bond motifs is 1. The van der Waals surface area contributed by atoms with Crippen LogP contribution in [0.1, 0.15) is 47.8 Å². The minimum absolute atomic E-state index is 0.190. The van der Waals surface area contributed by atoms with Crippen LogP contribution in [0.4, 0.5) is 5.69 Å². The van der Waals surface area contributed by atoms with Gasteiger partial charge in [0.05, 0.1) is 18.0 Å². The fourth-order valence-corrected chi connectivity index (χ4v) is 3.86. The number of sulfonamides is 1. The van der Waals surface area contributed by atoms with Crippen molar-refractivity contribution in [2.75, 3.05) is 11.0 Å². The van der Waals surface area contributed by atoms with Gasteiger partial charge in [0.15, 0.2) is 0 Å². The molecule has 0 spiro atoms. The summed E-state index contributed by atoms with van der Waals surface area (Å²) in [4.78, 5) is 12.8. The SMILES string of the molecule is Cc1ccc(C(=O)N[C@@H]2CC(C)(C)Oc3ccccc32)cc1NS(C)(=O)=O.